The number of pyridine rings is 1. The summed E-state index contributed by atoms with van der Waals surface area (Å²) in [5.41, 5.74) is 3.47. The Morgan fingerprint density at radius 1 is 1.07 bits per heavy atom. The molecule has 28 heavy (non-hydrogen) atoms. The summed E-state index contributed by atoms with van der Waals surface area (Å²) < 4.78 is 5.83. The quantitative estimate of drug-likeness (QED) is 0.684. The van der Waals surface area contributed by atoms with Gasteiger partial charge in [-0.25, -0.2) is 0 Å². The van der Waals surface area contributed by atoms with Gasteiger partial charge in [-0.05, 0) is 35.9 Å². The Labute approximate surface area is 168 Å². The Kier molecular flexibility index (Phi) is 4.58. The van der Waals surface area contributed by atoms with Crippen LogP contribution in [0.1, 0.15) is 20.8 Å². The first-order valence-electron chi connectivity index (χ1n) is 9.53. The number of carbonyl (C=O) groups is 1. The van der Waals surface area contributed by atoms with Gasteiger partial charge in [0.25, 0.3) is 5.91 Å². The molecule has 0 bridgehead atoms. The lowest BCUT2D eigenvalue weighted by Crippen LogP contribution is -2.48. The van der Waals surface area contributed by atoms with Crippen molar-refractivity contribution in [2.75, 3.05) is 26.2 Å². The summed E-state index contributed by atoms with van der Waals surface area (Å²) >= 11 is 1.59. The van der Waals surface area contributed by atoms with Crippen LogP contribution in [0.2, 0.25) is 0 Å². The van der Waals surface area contributed by atoms with Gasteiger partial charge in [0, 0.05) is 61.1 Å². The number of nitrogens with zero attached hydrogens (tertiary/aromatic N) is 3. The van der Waals surface area contributed by atoms with Crippen LogP contribution in [0.5, 0.6) is 5.75 Å². The maximum Gasteiger partial charge on any atom is 0.264 e. The molecule has 5 nitrogen and oxygen atoms in total. The van der Waals surface area contributed by atoms with Gasteiger partial charge in [0.2, 0.25) is 0 Å². The number of amides is 1. The Bertz CT molecular complexity index is 994. The first kappa shape index (κ1) is 17.4. The Morgan fingerprint density at radius 3 is 2.68 bits per heavy atom. The summed E-state index contributed by atoms with van der Waals surface area (Å²) in [6, 6.07) is 14.2. The summed E-state index contributed by atoms with van der Waals surface area (Å²) in [5, 5.41) is 0. The van der Waals surface area contributed by atoms with Crippen molar-refractivity contribution < 1.29 is 9.53 Å². The summed E-state index contributed by atoms with van der Waals surface area (Å²) in [6.45, 7) is 4.76. The Hall–Kier alpha value is -2.70. The molecule has 0 aliphatic carbocycles. The molecule has 1 fully saturated rings. The minimum absolute atomic E-state index is 0.139. The van der Waals surface area contributed by atoms with Crippen LogP contribution >= 0.6 is 11.3 Å². The van der Waals surface area contributed by atoms with Gasteiger partial charge in [-0.3, -0.25) is 14.7 Å². The topological polar surface area (TPSA) is 45.7 Å². The number of piperazine rings is 1. The molecule has 3 aromatic rings. The fraction of sp³-hybridized carbons (Fsp3) is 0.273. The first-order valence-corrected chi connectivity index (χ1v) is 10.3. The van der Waals surface area contributed by atoms with E-state index in [1.54, 1.807) is 11.3 Å². The van der Waals surface area contributed by atoms with Crippen molar-refractivity contribution in [1.29, 1.82) is 0 Å². The molecule has 0 atom stereocenters. The molecular weight excluding hydrogens is 370 g/mol. The van der Waals surface area contributed by atoms with E-state index in [-0.39, 0.29) is 5.91 Å². The van der Waals surface area contributed by atoms with Gasteiger partial charge in [-0.15, -0.1) is 11.3 Å². The minimum atomic E-state index is 0.139. The molecule has 6 heteroatoms. The van der Waals surface area contributed by atoms with E-state index in [4.69, 9.17) is 4.74 Å². The number of carbonyl (C=O) groups excluding carboxylic acids is 1. The van der Waals surface area contributed by atoms with E-state index in [0.29, 0.717) is 6.61 Å². The van der Waals surface area contributed by atoms with Gasteiger partial charge in [-0.1, -0.05) is 12.1 Å². The van der Waals surface area contributed by atoms with Crippen LogP contribution < -0.4 is 4.74 Å². The number of thiophene rings is 1. The van der Waals surface area contributed by atoms with E-state index in [0.717, 1.165) is 54.5 Å². The lowest BCUT2D eigenvalue weighted by atomic mass is 10.1. The average molecular weight is 391 g/mol. The van der Waals surface area contributed by atoms with Crippen molar-refractivity contribution >= 4 is 17.2 Å². The highest BCUT2D eigenvalue weighted by Crippen LogP contribution is 2.42. The van der Waals surface area contributed by atoms with Gasteiger partial charge in [0.05, 0.1) is 4.88 Å². The molecule has 1 amide bonds. The van der Waals surface area contributed by atoms with Gasteiger partial charge in [-0.2, -0.15) is 0 Å². The molecule has 0 spiro atoms. The van der Waals surface area contributed by atoms with E-state index >= 15 is 0 Å². The average Bonchev–Trinajstić information content (AvgIpc) is 3.19. The van der Waals surface area contributed by atoms with Crippen molar-refractivity contribution in [3.05, 3.63) is 70.9 Å². The summed E-state index contributed by atoms with van der Waals surface area (Å²) in [5.74, 6) is 1.04. The van der Waals surface area contributed by atoms with E-state index in [9.17, 15) is 4.79 Å². The number of aromatic nitrogens is 1. The van der Waals surface area contributed by atoms with Crippen LogP contribution in [-0.4, -0.2) is 46.9 Å². The van der Waals surface area contributed by atoms with Crippen molar-refractivity contribution in [2.45, 2.75) is 13.2 Å². The molecule has 1 saturated heterocycles. The van der Waals surface area contributed by atoms with Crippen LogP contribution in [0, 0.1) is 0 Å². The molecule has 2 aliphatic rings. The zero-order chi connectivity index (χ0) is 18.9. The number of hydrogen-bond acceptors (Lipinski definition) is 5. The first-order chi connectivity index (χ1) is 13.8. The highest BCUT2D eigenvalue weighted by atomic mass is 32.1. The largest absolute Gasteiger partial charge is 0.488 e. The lowest BCUT2D eigenvalue weighted by molar-refractivity contribution is 0.0633. The van der Waals surface area contributed by atoms with Gasteiger partial charge < -0.3 is 9.64 Å². The Morgan fingerprint density at radius 2 is 1.86 bits per heavy atom. The fourth-order valence-corrected chi connectivity index (χ4v) is 4.98. The number of benzene rings is 1. The standard InChI is InChI=1S/C22H21N3O2S/c26-22(25-11-9-24(10-12-25)14-16-5-7-23-8-6-16)20-13-17-15-27-19-4-2-1-3-18(19)21(17)28-20/h1-8,13H,9-12,14-15H2. The van der Waals surface area contributed by atoms with E-state index in [1.165, 1.54) is 10.4 Å². The summed E-state index contributed by atoms with van der Waals surface area (Å²) in [4.78, 5) is 23.5. The normalized spacial score (nSPS) is 16.2. The molecular formula is C22H21N3O2S. The van der Waals surface area contributed by atoms with Crippen LogP contribution in [0.25, 0.3) is 10.4 Å². The smallest absolute Gasteiger partial charge is 0.264 e. The predicted octanol–water partition coefficient (Wildman–Crippen LogP) is 3.66. The predicted molar refractivity (Wildman–Crippen MR) is 110 cm³/mol. The third-order valence-electron chi connectivity index (χ3n) is 5.35. The van der Waals surface area contributed by atoms with Gasteiger partial charge in [0.15, 0.2) is 0 Å². The van der Waals surface area contributed by atoms with Gasteiger partial charge in [0.1, 0.15) is 12.4 Å². The second-order valence-electron chi connectivity index (χ2n) is 7.17. The SMILES string of the molecule is O=C(c1cc2c(s1)-c1ccccc1OC2)N1CCN(Cc2ccncc2)CC1. The molecule has 1 aromatic carbocycles. The van der Waals surface area contributed by atoms with Crippen LogP contribution in [-0.2, 0) is 13.2 Å². The molecule has 142 valence electrons. The highest BCUT2D eigenvalue weighted by molar-refractivity contribution is 7.17. The lowest BCUT2D eigenvalue weighted by Gasteiger charge is -2.34. The molecule has 0 unspecified atom stereocenters. The molecule has 2 aromatic heterocycles. The molecule has 4 heterocycles. The monoisotopic (exact) mass is 391 g/mol. The van der Waals surface area contributed by atoms with Crippen molar-refractivity contribution in [1.82, 2.24) is 14.8 Å². The van der Waals surface area contributed by atoms with E-state index in [1.807, 2.05) is 53.7 Å². The second-order valence-corrected chi connectivity index (χ2v) is 8.23. The third kappa shape index (κ3) is 3.30. The van der Waals surface area contributed by atoms with E-state index in [2.05, 4.69) is 16.0 Å². The van der Waals surface area contributed by atoms with Crippen LogP contribution in [0.15, 0.2) is 54.9 Å². The number of fused-ring (bicyclic) bond motifs is 3. The van der Waals surface area contributed by atoms with Crippen molar-refractivity contribution in [2.24, 2.45) is 0 Å². The molecule has 0 saturated carbocycles. The van der Waals surface area contributed by atoms with E-state index < -0.39 is 0 Å². The fourth-order valence-electron chi connectivity index (χ4n) is 3.82. The third-order valence-corrected chi connectivity index (χ3v) is 6.55. The van der Waals surface area contributed by atoms with Crippen molar-refractivity contribution in [3.8, 4) is 16.2 Å². The maximum absolute atomic E-state index is 13.1. The maximum atomic E-state index is 13.1. The minimum Gasteiger partial charge on any atom is -0.488 e. The van der Waals surface area contributed by atoms with Crippen molar-refractivity contribution in [3.63, 3.8) is 0 Å². The molecule has 5 rings (SSSR count). The zero-order valence-corrected chi connectivity index (χ0v) is 16.3. The summed E-state index contributed by atoms with van der Waals surface area (Å²) in [7, 11) is 0. The van der Waals surface area contributed by atoms with Crippen LogP contribution in [0.3, 0.4) is 0 Å². The number of hydrogen-bond donors (Lipinski definition) is 0. The molecule has 0 radical (unpaired) electrons. The molecule has 2 aliphatic heterocycles. The number of para-hydroxylation sites is 1. The Balaban J connectivity index is 1.27. The van der Waals surface area contributed by atoms with Crippen LogP contribution in [0.4, 0.5) is 0 Å². The van der Waals surface area contributed by atoms with Gasteiger partial charge >= 0.3 is 0 Å². The highest BCUT2D eigenvalue weighted by Gasteiger charge is 2.27. The zero-order valence-electron chi connectivity index (χ0n) is 15.5. The second kappa shape index (κ2) is 7.37. The molecule has 0 N–H and O–H groups in total. The summed E-state index contributed by atoms with van der Waals surface area (Å²) in [6.07, 6.45) is 3.66. The number of ether oxygens (including phenoxy) is 1. The number of rotatable bonds is 3.